The summed E-state index contributed by atoms with van der Waals surface area (Å²) in [5.74, 6) is 0. The zero-order valence-electron chi connectivity index (χ0n) is 14.0. The van der Waals surface area contributed by atoms with Gasteiger partial charge in [0.1, 0.15) is 20.1 Å². The van der Waals surface area contributed by atoms with E-state index in [0.717, 1.165) is 12.4 Å². The van der Waals surface area contributed by atoms with E-state index in [4.69, 9.17) is 23.2 Å². The monoisotopic (exact) mass is 594 g/mol. The van der Waals surface area contributed by atoms with Gasteiger partial charge in [-0.25, -0.2) is 36.2 Å². The van der Waals surface area contributed by atoms with Gasteiger partial charge < -0.3 is 0 Å². The van der Waals surface area contributed by atoms with Crippen molar-refractivity contribution in [3.8, 4) is 0 Å². The Morgan fingerprint density at radius 2 is 1.14 bits per heavy atom. The lowest BCUT2D eigenvalue weighted by Gasteiger charge is -2.09. The van der Waals surface area contributed by atoms with E-state index in [0.29, 0.717) is 21.8 Å². The van der Waals surface area contributed by atoms with Crippen molar-refractivity contribution in [3.05, 3.63) is 43.8 Å². The third-order valence-corrected chi connectivity index (χ3v) is 8.47. The summed E-state index contributed by atoms with van der Waals surface area (Å²) in [6.07, 6.45) is 3.16. The van der Waals surface area contributed by atoms with E-state index in [1.807, 2.05) is 0 Å². The molecule has 2 rings (SSSR count). The van der Waals surface area contributed by atoms with Crippen LogP contribution in [0.15, 0.2) is 43.3 Å². The molecule has 0 aliphatic carbocycles. The smallest absolute Gasteiger partial charge is 0.242 e. The molecule has 2 aromatic heterocycles. The fourth-order valence-corrected chi connectivity index (χ4v) is 5.23. The van der Waals surface area contributed by atoms with E-state index in [9.17, 15) is 16.8 Å². The Kier molecular flexibility index (Phi) is 8.65. The summed E-state index contributed by atoms with van der Waals surface area (Å²) >= 11 is 17.7. The van der Waals surface area contributed by atoms with Gasteiger partial charge in [-0.3, -0.25) is 0 Å². The number of pyridine rings is 2. The van der Waals surface area contributed by atoms with Crippen LogP contribution in [0.5, 0.6) is 0 Å². The van der Waals surface area contributed by atoms with Crippen LogP contribution in [0.1, 0.15) is 12.8 Å². The molecule has 0 radical (unpaired) electrons. The van der Waals surface area contributed by atoms with E-state index >= 15 is 0 Å². The summed E-state index contributed by atoms with van der Waals surface area (Å²) in [5, 5.41) is 0.323. The molecule has 28 heavy (non-hydrogen) atoms. The quantitative estimate of drug-likeness (QED) is 0.339. The standard InChI is InChI=1S/C14H14Br2Cl2N4O4S2/c15-11-5-9(7-19-13(11)17)27(23,24)21-3-1-2-4-22-28(25,26)10-6-12(16)14(18)20-8-10/h5-8,21-22H,1-4H2. The SMILES string of the molecule is O=S(=O)(NCCCCNS(=O)(=O)c1cnc(Cl)c(Br)c1)c1cnc(Cl)c(Br)c1. The van der Waals surface area contributed by atoms with Gasteiger partial charge in [-0.15, -0.1) is 0 Å². The van der Waals surface area contributed by atoms with Gasteiger partial charge in [-0.2, -0.15) is 0 Å². The summed E-state index contributed by atoms with van der Waals surface area (Å²) in [6, 6.07) is 2.70. The van der Waals surface area contributed by atoms with Crippen molar-refractivity contribution < 1.29 is 16.8 Å². The van der Waals surface area contributed by atoms with Gasteiger partial charge in [0, 0.05) is 25.5 Å². The van der Waals surface area contributed by atoms with Crippen LogP contribution in [-0.2, 0) is 20.0 Å². The maximum Gasteiger partial charge on any atom is 0.242 e. The first kappa shape index (κ1) is 23.9. The van der Waals surface area contributed by atoms with Crippen molar-refractivity contribution in [2.24, 2.45) is 0 Å². The van der Waals surface area contributed by atoms with Crippen LogP contribution in [-0.4, -0.2) is 39.9 Å². The second kappa shape index (κ2) is 10.1. The number of nitrogens with one attached hydrogen (secondary N) is 2. The van der Waals surface area contributed by atoms with E-state index in [-0.39, 0.29) is 33.2 Å². The molecule has 0 saturated carbocycles. The van der Waals surface area contributed by atoms with Gasteiger partial charge in [-0.05, 0) is 56.8 Å². The van der Waals surface area contributed by atoms with Crippen LogP contribution in [0.4, 0.5) is 0 Å². The van der Waals surface area contributed by atoms with E-state index in [1.54, 1.807) is 0 Å². The first-order valence-corrected chi connectivity index (χ1v) is 13.0. The second-order valence-electron chi connectivity index (χ2n) is 5.39. The molecule has 14 heteroatoms. The predicted octanol–water partition coefficient (Wildman–Crippen LogP) is 3.35. The lowest BCUT2D eigenvalue weighted by Crippen LogP contribution is -2.27. The molecule has 8 nitrogen and oxygen atoms in total. The zero-order valence-corrected chi connectivity index (χ0v) is 20.3. The average Bonchev–Trinajstić information content (AvgIpc) is 2.62. The van der Waals surface area contributed by atoms with Crippen LogP contribution >= 0.6 is 55.1 Å². The molecule has 0 saturated heterocycles. The summed E-state index contributed by atoms with van der Waals surface area (Å²) in [6.45, 7) is 0.275. The second-order valence-corrected chi connectivity index (χ2v) is 11.3. The van der Waals surface area contributed by atoms with Crippen LogP contribution in [0.3, 0.4) is 0 Å². The van der Waals surface area contributed by atoms with E-state index in [1.165, 1.54) is 12.1 Å². The molecule has 0 unspecified atom stereocenters. The molecule has 0 fully saturated rings. The highest BCUT2D eigenvalue weighted by atomic mass is 79.9. The number of hydrogen-bond acceptors (Lipinski definition) is 6. The van der Waals surface area contributed by atoms with Gasteiger partial charge in [-0.1, -0.05) is 23.2 Å². The zero-order chi connectivity index (χ0) is 20.9. The highest BCUT2D eigenvalue weighted by Crippen LogP contribution is 2.23. The lowest BCUT2D eigenvalue weighted by molar-refractivity contribution is 0.566. The molecular formula is C14H14Br2Cl2N4O4S2. The summed E-state index contributed by atoms with van der Waals surface area (Å²) in [5.41, 5.74) is 0. The Morgan fingerprint density at radius 1 is 0.786 bits per heavy atom. The molecule has 0 aromatic carbocycles. The molecule has 2 aromatic rings. The highest BCUT2D eigenvalue weighted by Gasteiger charge is 2.17. The molecule has 0 atom stereocenters. The highest BCUT2D eigenvalue weighted by molar-refractivity contribution is 9.10. The maximum atomic E-state index is 12.2. The summed E-state index contributed by atoms with van der Waals surface area (Å²) in [4.78, 5) is 7.51. The summed E-state index contributed by atoms with van der Waals surface area (Å²) < 4.78 is 54.3. The minimum atomic E-state index is -3.73. The number of halogens is 4. The predicted molar refractivity (Wildman–Crippen MR) is 114 cm³/mol. The normalized spacial score (nSPS) is 12.3. The van der Waals surface area contributed by atoms with Gasteiger partial charge in [0.25, 0.3) is 0 Å². The van der Waals surface area contributed by atoms with Crippen LogP contribution < -0.4 is 9.44 Å². The lowest BCUT2D eigenvalue weighted by atomic mass is 10.3. The molecule has 0 bridgehead atoms. The van der Waals surface area contributed by atoms with E-state index in [2.05, 4.69) is 51.3 Å². The van der Waals surface area contributed by atoms with Crippen molar-refractivity contribution in [2.45, 2.75) is 22.6 Å². The minimum Gasteiger partial charge on any atom is -0.242 e. The number of hydrogen-bond donors (Lipinski definition) is 2. The number of aromatic nitrogens is 2. The Balaban J connectivity index is 1.81. The minimum absolute atomic E-state index is 0.0229. The first-order valence-electron chi connectivity index (χ1n) is 7.64. The molecule has 0 aliphatic rings. The molecule has 154 valence electrons. The third-order valence-electron chi connectivity index (χ3n) is 3.35. The van der Waals surface area contributed by atoms with Crippen molar-refractivity contribution >= 4 is 75.1 Å². The number of sulfonamides is 2. The largest absolute Gasteiger partial charge is 0.242 e. The molecule has 0 aliphatic heterocycles. The first-order chi connectivity index (χ1) is 13.0. The molecule has 0 spiro atoms. The van der Waals surface area contributed by atoms with E-state index < -0.39 is 20.0 Å². The number of nitrogens with zero attached hydrogens (tertiary/aromatic N) is 2. The van der Waals surface area contributed by atoms with Crippen LogP contribution in [0.25, 0.3) is 0 Å². The Bertz CT molecular complexity index is 984. The Morgan fingerprint density at radius 3 is 1.46 bits per heavy atom. The number of unbranched alkanes of at least 4 members (excludes halogenated alkanes) is 1. The number of rotatable bonds is 9. The van der Waals surface area contributed by atoms with Crippen molar-refractivity contribution in [1.29, 1.82) is 0 Å². The van der Waals surface area contributed by atoms with Crippen molar-refractivity contribution in [2.75, 3.05) is 13.1 Å². The van der Waals surface area contributed by atoms with Gasteiger partial charge in [0.15, 0.2) is 0 Å². The Labute approximate surface area is 189 Å². The van der Waals surface area contributed by atoms with Crippen molar-refractivity contribution in [3.63, 3.8) is 0 Å². The van der Waals surface area contributed by atoms with Gasteiger partial charge in [0.05, 0.1) is 8.95 Å². The molecule has 2 N–H and O–H groups in total. The van der Waals surface area contributed by atoms with Gasteiger partial charge >= 0.3 is 0 Å². The Hall–Kier alpha value is -0.340. The maximum absolute atomic E-state index is 12.2. The molecule has 2 heterocycles. The van der Waals surface area contributed by atoms with Crippen molar-refractivity contribution in [1.82, 2.24) is 19.4 Å². The average molecular weight is 597 g/mol. The summed E-state index contributed by atoms with van der Waals surface area (Å²) in [7, 11) is -7.47. The fraction of sp³-hybridized carbons (Fsp3) is 0.286. The van der Waals surface area contributed by atoms with Gasteiger partial charge in [0.2, 0.25) is 20.0 Å². The fourth-order valence-electron chi connectivity index (χ4n) is 1.93. The third kappa shape index (κ3) is 6.59. The molecule has 0 amide bonds. The van der Waals surface area contributed by atoms with Crippen LogP contribution in [0, 0.1) is 0 Å². The molecular weight excluding hydrogens is 583 g/mol. The van der Waals surface area contributed by atoms with Crippen LogP contribution in [0.2, 0.25) is 10.3 Å². The topological polar surface area (TPSA) is 118 Å².